The number of amides is 2. The molecule has 2 N–H and O–H groups in total. The number of carbonyl (C=O) groups is 3. The number of ether oxygens (including phenoxy) is 1. The number of nitrogens with one attached hydrogen (secondary N) is 2. The average molecular weight is 482 g/mol. The third-order valence-electron chi connectivity index (χ3n) is 4.27. The minimum Gasteiger partial charge on any atom is -0.450 e. The molecule has 7 nitrogen and oxygen atoms in total. The molecule has 2 aromatic carbocycles. The first-order valence-electron chi connectivity index (χ1n) is 9.49. The Kier molecular flexibility index (Phi) is 7.29. The quantitative estimate of drug-likeness (QED) is 0.390. The van der Waals surface area contributed by atoms with Crippen LogP contribution in [0.3, 0.4) is 0 Å². The highest BCUT2D eigenvalue weighted by Gasteiger charge is 2.30. The number of anilines is 1. The lowest BCUT2D eigenvalue weighted by Gasteiger charge is -2.08. The Morgan fingerprint density at radius 2 is 1.68 bits per heavy atom. The SMILES string of the molecule is O=C(COC(=O)c1ccc(-c2cccc(C(F)(F)F)c2)o1)NCC(=O)Nc1ccc(F)c(F)c1. The summed E-state index contributed by atoms with van der Waals surface area (Å²) in [5.41, 5.74) is -0.839. The Morgan fingerprint density at radius 3 is 2.38 bits per heavy atom. The molecule has 0 unspecified atom stereocenters. The first-order valence-corrected chi connectivity index (χ1v) is 9.49. The molecule has 3 rings (SSSR count). The summed E-state index contributed by atoms with van der Waals surface area (Å²) in [6, 6.07) is 9.43. The molecule has 0 spiro atoms. The number of rotatable bonds is 7. The normalized spacial score (nSPS) is 11.1. The molecular weight excluding hydrogens is 467 g/mol. The first-order chi connectivity index (χ1) is 16.0. The van der Waals surface area contributed by atoms with Crippen molar-refractivity contribution in [2.75, 3.05) is 18.5 Å². The van der Waals surface area contributed by atoms with E-state index >= 15 is 0 Å². The van der Waals surface area contributed by atoms with Crippen molar-refractivity contribution in [2.24, 2.45) is 0 Å². The molecule has 12 heteroatoms. The summed E-state index contributed by atoms with van der Waals surface area (Å²) in [4.78, 5) is 35.6. The zero-order valence-corrected chi connectivity index (χ0v) is 17.0. The Morgan fingerprint density at radius 1 is 0.912 bits per heavy atom. The van der Waals surface area contributed by atoms with Crippen LogP contribution in [-0.2, 0) is 20.5 Å². The summed E-state index contributed by atoms with van der Waals surface area (Å²) >= 11 is 0. The molecule has 0 bridgehead atoms. The van der Waals surface area contributed by atoms with E-state index in [9.17, 15) is 36.3 Å². The van der Waals surface area contributed by atoms with Crippen LogP contribution in [0.4, 0.5) is 27.6 Å². The van der Waals surface area contributed by atoms with Gasteiger partial charge in [0.2, 0.25) is 11.7 Å². The van der Waals surface area contributed by atoms with Crippen LogP contribution in [0.25, 0.3) is 11.3 Å². The molecule has 2 amide bonds. The van der Waals surface area contributed by atoms with Gasteiger partial charge in [0, 0.05) is 17.3 Å². The number of esters is 1. The van der Waals surface area contributed by atoms with Crippen molar-refractivity contribution in [2.45, 2.75) is 6.18 Å². The van der Waals surface area contributed by atoms with Crippen molar-refractivity contribution in [1.29, 1.82) is 0 Å². The van der Waals surface area contributed by atoms with Gasteiger partial charge in [0.1, 0.15) is 5.76 Å². The van der Waals surface area contributed by atoms with Crippen LogP contribution in [0.1, 0.15) is 16.1 Å². The molecule has 3 aromatic rings. The van der Waals surface area contributed by atoms with Gasteiger partial charge in [0.05, 0.1) is 12.1 Å². The fourth-order valence-corrected chi connectivity index (χ4v) is 2.66. The number of alkyl halides is 3. The van der Waals surface area contributed by atoms with E-state index in [4.69, 9.17) is 9.15 Å². The van der Waals surface area contributed by atoms with E-state index in [1.807, 2.05) is 0 Å². The number of benzene rings is 2. The van der Waals surface area contributed by atoms with Gasteiger partial charge in [-0.15, -0.1) is 0 Å². The molecule has 0 aliphatic carbocycles. The molecule has 1 heterocycles. The second kappa shape index (κ2) is 10.1. The lowest BCUT2D eigenvalue weighted by atomic mass is 10.1. The Balaban J connectivity index is 1.48. The summed E-state index contributed by atoms with van der Waals surface area (Å²) in [5, 5.41) is 4.39. The Labute approximate surface area is 188 Å². The van der Waals surface area contributed by atoms with Crippen LogP contribution in [-0.4, -0.2) is 30.9 Å². The van der Waals surface area contributed by atoms with Crippen molar-refractivity contribution in [3.63, 3.8) is 0 Å². The molecule has 178 valence electrons. The molecule has 0 fully saturated rings. The number of hydrogen-bond donors (Lipinski definition) is 2. The number of halogens is 5. The molecule has 0 radical (unpaired) electrons. The van der Waals surface area contributed by atoms with E-state index in [1.165, 1.54) is 24.3 Å². The van der Waals surface area contributed by atoms with Crippen LogP contribution >= 0.6 is 0 Å². The molecule has 1 aromatic heterocycles. The third kappa shape index (κ3) is 6.40. The maximum Gasteiger partial charge on any atom is 0.416 e. The van der Waals surface area contributed by atoms with E-state index in [-0.39, 0.29) is 22.8 Å². The average Bonchev–Trinajstić information content (AvgIpc) is 3.28. The zero-order chi connectivity index (χ0) is 24.9. The summed E-state index contributed by atoms with van der Waals surface area (Å²) in [5.74, 6) is -5.28. The predicted molar refractivity (Wildman–Crippen MR) is 107 cm³/mol. The van der Waals surface area contributed by atoms with Crippen molar-refractivity contribution < 1.29 is 45.5 Å². The van der Waals surface area contributed by atoms with Gasteiger partial charge in [-0.1, -0.05) is 12.1 Å². The molecule has 34 heavy (non-hydrogen) atoms. The lowest BCUT2D eigenvalue weighted by Crippen LogP contribution is -2.35. The van der Waals surface area contributed by atoms with Crippen LogP contribution < -0.4 is 10.6 Å². The van der Waals surface area contributed by atoms with Gasteiger partial charge in [-0.3, -0.25) is 9.59 Å². The molecule has 0 aliphatic rings. The van der Waals surface area contributed by atoms with Crippen LogP contribution in [0.5, 0.6) is 0 Å². The van der Waals surface area contributed by atoms with E-state index < -0.39 is 54.3 Å². The number of hydrogen-bond acceptors (Lipinski definition) is 5. The molecule has 0 saturated carbocycles. The van der Waals surface area contributed by atoms with E-state index in [2.05, 4.69) is 10.6 Å². The minimum absolute atomic E-state index is 0.0172. The summed E-state index contributed by atoms with van der Waals surface area (Å²) in [7, 11) is 0. The van der Waals surface area contributed by atoms with Crippen molar-refractivity contribution in [3.8, 4) is 11.3 Å². The standard InChI is InChI=1S/C22H15F5N2O5/c23-15-5-4-14(9-16(15)24)29-19(30)10-28-20(31)11-33-21(32)18-7-6-17(34-18)12-2-1-3-13(8-12)22(25,26)27/h1-9H,10-11H2,(H,28,31)(H,29,30). The van der Waals surface area contributed by atoms with E-state index in [0.717, 1.165) is 30.3 Å². The molecule has 0 aliphatic heterocycles. The lowest BCUT2D eigenvalue weighted by molar-refractivity contribution is -0.137. The maximum absolute atomic E-state index is 13.1. The highest BCUT2D eigenvalue weighted by atomic mass is 19.4. The molecular formula is C22H15F5N2O5. The smallest absolute Gasteiger partial charge is 0.416 e. The Hall–Kier alpha value is -4.22. The van der Waals surface area contributed by atoms with Crippen LogP contribution in [0.15, 0.2) is 59.0 Å². The fraction of sp³-hybridized carbons (Fsp3) is 0.136. The highest BCUT2D eigenvalue weighted by molar-refractivity contribution is 5.95. The Bertz CT molecular complexity index is 1220. The third-order valence-corrected chi connectivity index (χ3v) is 4.27. The monoisotopic (exact) mass is 482 g/mol. The number of furan rings is 1. The fourth-order valence-electron chi connectivity index (χ4n) is 2.66. The topological polar surface area (TPSA) is 97.6 Å². The summed E-state index contributed by atoms with van der Waals surface area (Å²) in [6.07, 6.45) is -4.55. The van der Waals surface area contributed by atoms with Crippen LogP contribution in [0.2, 0.25) is 0 Å². The first kappa shape index (κ1) is 24.4. The summed E-state index contributed by atoms with van der Waals surface area (Å²) in [6.45, 7) is -1.33. The minimum atomic E-state index is -4.55. The van der Waals surface area contributed by atoms with E-state index in [1.54, 1.807) is 0 Å². The highest BCUT2D eigenvalue weighted by Crippen LogP contribution is 2.32. The number of carbonyl (C=O) groups excluding carboxylic acids is 3. The van der Waals surface area contributed by atoms with Gasteiger partial charge in [0.25, 0.3) is 5.91 Å². The largest absolute Gasteiger partial charge is 0.450 e. The van der Waals surface area contributed by atoms with Crippen LogP contribution in [0, 0.1) is 11.6 Å². The van der Waals surface area contributed by atoms with Gasteiger partial charge >= 0.3 is 12.1 Å². The van der Waals surface area contributed by atoms with Crippen molar-refractivity contribution >= 4 is 23.5 Å². The van der Waals surface area contributed by atoms with Gasteiger partial charge in [-0.2, -0.15) is 13.2 Å². The maximum atomic E-state index is 13.1. The van der Waals surface area contributed by atoms with Crippen molar-refractivity contribution in [1.82, 2.24) is 5.32 Å². The zero-order valence-electron chi connectivity index (χ0n) is 17.0. The second-order valence-electron chi connectivity index (χ2n) is 6.77. The van der Waals surface area contributed by atoms with Crippen molar-refractivity contribution in [3.05, 3.63) is 77.6 Å². The predicted octanol–water partition coefficient (Wildman–Crippen LogP) is 4.16. The summed E-state index contributed by atoms with van der Waals surface area (Å²) < 4.78 is 74.5. The molecule has 0 saturated heterocycles. The van der Waals surface area contributed by atoms with Gasteiger partial charge < -0.3 is 19.8 Å². The van der Waals surface area contributed by atoms with Gasteiger partial charge in [-0.05, 0) is 36.4 Å². The van der Waals surface area contributed by atoms with Gasteiger partial charge in [-0.25, -0.2) is 13.6 Å². The second-order valence-corrected chi connectivity index (χ2v) is 6.77. The van der Waals surface area contributed by atoms with Gasteiger partial charge in [0.15, 0.2) is 18.2 Å². The van der Waals surface area contributed by atoms with E-state index in [0.29, 0.717) is 0 Å². The molecule has 0 atom stereocenters.